The molecule has 3 atom stereocenters. The number of amides is 1. The molecule has 1 aliphatic rings. The summed E-state index contributed by atoms with van der Waals surface area (Å²) in [5, 5.41) is 0. The maximum absolute atomic E-state index is 12.5. The van der Waals surface area contributed by atoms with Crippen molar-refractivity contribution in [3.63, 3.8) is 0 Å². The lowest BCUT2D eigenvalue weighted by Crippen LogP contribution is -2.44. The Labute approximate surface area is 106 Å². The highest BCUT2D eigenvalue weighted by atomic mass is 16.2. The molecule has 3 nitrogen and oxygen atoms in total. The van der Waals surface area contributed by atoms with Crippen LogP contribution < -0.4 is 5.73 Å². The molecule has 0 spiro atoms. The van der Waals surface area contributed by atoms with Crippen molar-refractivity contribution in [3.8, 4) is 0 Å². The molecule has 1 aliphatic carbocycles. The van der Waals surface area contributed by atoms with E-state index in [1.165, 1.54) is 0 Å². The number of nitrogens with two attached hydrogens (primary N) is 1. The molecule has 0 radical (unpaired) electrons. The summed E-state index contributed by atoms with van der Waals surface area (Å²) in [6.07, 6.45) is 3.03. The van der Waals surface area contributed by atoms with Crippen LogP contribution in [0, 0.1) is 17.8 Å². The van der Waals surface area contributed by atoms with Crippen LogP contribution in [-0.2, 0) is 4.79 Å². The van der Waals surface area contributed by atoms with Gasteiger partial charge in [0.15, 0.2) is 0 Å². The van der Waals surface area contributed by atoms with Crippen LogP contribution in [0.3, 0.4) is 0 Å². The predicted molar refractivity (Wildman–Crippen MR) is 71.6 cm³/mol. The Kier molecular flexibility index (Phi) is 5.44. The maximum Gasteiger partial charge on any atom is 0.226 e. The zero-order chi connectivity index (χ0) is 13.0. The highest BCUT2D eigenvalue weighted by Crippen LogP contribution is 2.30. The number of carbonyl (C=O) groups is 1. The predicted octanol–water partition coefficient (Wildman–Crippen LogP) is 2.25. The first-order valence-electron chi connectivity index (χ1n) is 7.00. The second-order valence-corrected chi connectivity index (χ2v) is 5.93. The van der Waals surface area contributed by atoms with E-state index in [1.807, 2.05) is 4.90 Å². The van der Waals surface area contributed by atoms with Gasteiger partial charge in [-0.25, -0.2) is 0 Å². The van der Waals surface area contributed by atoms with Gasteiger partial charge in [-0.1, -0.05) is 20.8 Å². The Balaban J connectivity index is 2.65. The average molecular weight is 240 g/mol. The standard InChI is InChI=1S/C14H28N2O/c1-5-16(9-10(2)3)14(17)13-8-12(15)7-6-11(13)4/h10-13H,5-9,15H2,1-4H3. The molecule has 3 heteroatoms. The first kappa shape index (κ1) is 14.5. The fraction of sp³-hybridized carbons (Fsp3) is 0.929. The van der Waals surface area contributed by atoms with Crippen LogP contribution in [0.2, 0.25) is 0 Å². The third-order valence-electron chi connectivity index (χ3n) is 3.83. The molecule has 0 aromatic rings. The molecule has 1 saturated carbocycles. The smallest absolute Gasteiger partial charge is 0.226 e. The SMILES string of the molecule is CCN(CC(C)C)C(=O)C1CC(N)CCC1C. The molecule has 1 amide bonds. The van der Waals surface area contributed by atoms with Gasteiger partial charge in [0.1, 0.15) is 0 Å². The number of nitrogens with zero attached hydrogens (tertiary/aromatic N) is 1. The van der Waals surface area contributed by atoms with Crippen molar-refractivity contribution in [2.24, 2.45) is 23.5 Å². The second kappa shape index (κ2) is 6.39. The van der Waals surface area contributed by atoms with Crippen LogP contribution >= 0.6 is 0 Å². The summed E-state index contributed by atoms with van der Waals surface area (Å²) in [6, 6.07) is 0.220. The van der Waals surface area contributed by atoms with Crippen LogP contribution in [0.4, 0.5) is 0 Å². The normalized spacial score (nSPS) is 29.4. The highest BCUT2D eigenvalue weighted by Gasteiger charge is 2.33. The van der Waals surface area contributed by atoms with E-state index in [4.69, 9.17) is 5.73 Å². The van der Waals surface area contributed by atoms with E-state index < -0.39 is 0 Å². The van der Waals surface area contributed by atoms with Gasteiger partial charge in [0.25, 0.3) is 0 Å². The lowest BCUT2D eigenvalue weighted by Gasteiger charge is -2.35. The molecule has 1 fully saturated rings. The van der Waals surface area contributed by atoms with E-state index in [0.717, 1.165) is 32.4 Å². The average Bonchev–Trinajstić information content (AvgIpc) is 2.28. The third-order valence-corrected chi connectivity index (χ3v) is 3.83. The van der Waals surface area contributed by atoms with Crippen molar-refractivity contribution in [2.75, 3.05) is 13.1 Å². The van der Waals surface area contributed by atoms with Gasteiger partial charge in [-0.05, 0) is 38.0 Å². The van der Waals surface area contributed by atoms with Gasteiger partial charge in [0, 0.05) is 25.0 Å². The van der Waals surface area contributed by atoms with Gasteiger partial charge in [0.05, 0.1) is 0 Å². The van der Waals surface area contributed by atoms with E-state index in [2.05, 4.69) is 27.7 Å². The van der Waals surface area contributed by atoms with Crippen LogP contribution in [0.25, 0.3) is 0 Å². The first-order chi connectivity index (χ1) is 7.95. The summed E-state index contributed by atoms with van der Waals surface area (Å²) in [5.74, 6) is 1.50. The van der Waals surface area contributed by atoms with Crippen LogP contribution in [0.15, 0.2) is 0 Å². The Morgan fingerprint density at radius 2 is 2.06 bits per heavy atom. The summed E-state index contributed by atoms with van der Waals surface area (Å²) in [6.45, 7) is 10.3. The number of carbonyl (C=O) groups excluding carboxylic acids is 1. The highest BCUT2D eigenvalue weighted by molar-refractivity contribution is 5.79. The summed E-state index contributed by atoms with van der Waals surface area (Å²) < 4.78 is 0. The molecular weight excluding hydrogens is 212 g/mol. The van der Waals surface area contributed by atoms with Crippen molar-refractivity contribution in [1.82, 2.24) is 4.90 Å². The number of rotatable bonds is 4. The molecule has 1 rings (SSSR count). The molecule has 0 aliphatic heterocycles. The minimum atomic E-state index is 0.150. The van der Waals surface area contributed by atoms with Crippen molar-refractivity contribution in [3.05, 3.63) is 0 Å². The maximum atomic E-state index is 12.5. The Bertz CT molecular complexity index is 253. The molecular formula is C14H28N2O. The monoisotopic (exact) mass is 240 g/mol. The zero-order valence-electron chi connectivity index (χ0n) is 11.8. The van der Waals surface area contributed by atoms with Gasteiger partial charge in [-0.15, -0.1) is 0 Å². The van der Waals surface area contributed by atoms with Crippen LogP contribution in [0.5, 0.6) is 0 Å². The Hall–Kier alpha value is -0.570. The fourth-order valence-corrected chi connectivity index (χ4v) is 2.75. The summed E-state index contributed by atoms with van der Waals surface area (Å²) in [5.41, 5.74) is 6.00. The first-order valence-corrected chi connectivity index (χ1v) is 7.00. The van der Waals surface area contributed by atoms with Crippen molar-refractivity contribution in [1.29, 1.82) is 0 Å². The fourth-order valence-electron chi connectivity index (χ4n) is 2.75. The largest absolute Gasteiger partial charge is 0.342 e. The number of hydrogen-bond acceptors (Lipinski definition) is 2. The molecule has 0 aromatic carbocycles. The molecule has 17 heavy (non-hydrogen) atoms. The van der Waals surface area contributed by atoms with Crippen LogP contribution in [-0.4, -0.2) is 29.9 Å². The van der Waals surface area contributed by atoms with E-state index in [9.17, 15) is 4.79 Å². The van der Waals surface area contributed by atoms with Crippen LogP contribution in [0.1, 0.15) is 47.0 Å². The summed E-state index contributed by atoms with van der Waals surface area (Å²) in [7, 11) is 0. The second-order valence-electron chi connectivity index (χ2n) is 5.93. The van der Waals surface area contributed by atoms with Gasteiger partial charge < -0.3 is 10.6 Å². The van der Waals surface area contributed by atoms with Crippen molar-refractivity contribution < 1.29 is 4.79 Å². The van der Waals surface area contributed by atoms with Crippen molar-refractivity contribution >= 4 is 5.91 Å². The van der Waals surface area contributed by atoms with E-state index in [-0.39, 0.29) is 12.0 Å². The van der Waals surface area contributed by atoms with E-state index >= 15 is 0 Å². The molecule has 0 heterocycles. The molecule has 3 unspecified atom stereocenters. The Morgan fingerprint density at radius 1 is 1.41 bits per heavy atom. The topological polar surface area (TPSA) is 46.3 Å². The van der Waals surface area contributed by atoms with Gasteiger partial charge in [-0.2, -0.15) is 0 Å². The molecule has 100 valence electrons. The minimum Gasteiger partial charge on any atom is -0.342 e. The number of hydrogen-bond donors (Lipinski definition) is 1. The third kappa shape index (κ3) is 3.98. The summed E-state index contributed by atoms with van der Waals surface area (Å²) in [4.78, 5) is 14.5. The minimum absolute atomic E-state index is 0.150. The molecule has 0 bridgehead atoms. The van der Waals surface area contributed by atoms with Gasteiger partial charge in [-0.3, -0.25) is 4.79 Å². The lowest BCUT2D eigenvalue weighted by atomic mass is 9.77. The van der Waals surface area contributed by atoms with Gasteiger partial charge in [0.2, 0.25) is 5.91 Å². The summed E-state index contributed by atoms with van der Waals surface area (Å²) >= 11 is 0. The van der Waals surface area contributed by atoms with Crippen molar-refractivity contribution in [2.45, 2.75) is 53.0 Å². The molecule has 0 aromatic heterocycles. The zero-order valence-corrected chi connectivity index (χ0v) is 11.8. The quantitative estimate of drug-likeness (QED) is 0.819. The van der Waals surface area contributed by atoms with E-state index in [1.54, 1.807) is 0 Å². The lowest BCUT2D eigenvalue weighted by molar-refractivity contribution is -0.138. The Morgan fingerprint density at radius 3 is 2.59 bits per heavy atom. The van der Waals surface area contributed by atoms with E-state index in [0.29, 0.717) is 17.7 Å². The molecule has 2 N–H and O–H groups in total. The molecule has 0 saturated heterocycles. The van der Waals surface area contributed by atoms with Gasteiger partial charge >= 0.3 is 0 Å².